The van der Waals surface area contributed by atoms with Gasteiger partial charge in [-0.15, -0.1) is 0 Å². The normalized spacial score (nSPS) is 10.7. The maximum absolute atomic E-state index is 6.09. The number of rotatable bonds is 5. The molecular weight excluding hydrogens is 274 g/mol. The van der Waals surface area contributed by atoms with E-state index in [9.17, 15) is 0 Å². The Morgan fingerprint density at radius 1 is 1.30 bits per heavy atom. The molecule has 0 atom stereocenters. The Morgan fingerprint density at radius 3 is 2.80 bits per heavy atom. The molecule has 1 aromatic heterocycles. The fourth-order valence-electron chi connectivity index (χ4n) is 1.78. The number of halogens is 1. The SMILES string of the molecule is CC(C)c1cccc(OCc2nc(NN)ccc2Cl)c1. The van der Waals surface area contributed by atoms with Crippen molar-refractivity contribution in [2.24, 2.45) is 5.84 Å². The summed E-state index contributed by atoms with van der Waals surface area (Å²) < 4.78 is 5.75. The molecule has 0 unspecified atom stereocenters. The van der Waals surface area contributed by atoms with Crippen molar-refractivity contribution in [1.29, 1.82) is 0 Å². The van der Waals surface area contributed by atoms with Crippen LogP contribution in [-0.4, -0.2) is 4.98 Å². The second-order valence-corrected chi connectivity index (χ2v) is 5.19. The zero-order chi connectivity index (χ0) is 14.5. The number of hydrogen-bond donors (Lipinski definition) is 2. The third kappa shape index (κ3) is 3.62. The third-order valence-electron chi connectivity index (χ3n) is 2.97. The van der Waals surface area contributed by atoms with Gasteiger partial charge in [-0.05, 0) is 35.7 Å². The van der Waals surface area contributed by atoms with Crippen molar-refractivity contribution in [1.82, 2.24) is 4.98 Å². The highest BCUT2D eigenvalue weighted by atomic mass is 35.5. The number of ether oxygens (including phenoxy) is 1. The fraction of sp³-hybridized carbons (Fsp3) is 0.267. The number of benzene rings is 1. The van der Waals surface area contributed by atoms with Crippen LogP contribution < -0.4 is 16.0 Å². The number of hydrogen-bond acceptors (Lipinski definition) is 4. The lowest BCUT2D eigenvalue weighted by atomic mass is 10.0. The quantitative estimate of drug-likeness (QED) is 0.651. The lowest BCUT2D eigenvalue weighted by Gasteiger charge is -2.11. The molecule has 0 saturated carbocycles. The largest absolute Gasteiger partial charge is 0.487 e. The number of hydrazine groups is 1. The number of nitrogens with one attached hydrogen (secondary N) is 1. The topological polar surface area (TPSA) is 60.2 Å². The van der Waals surface area contributed by atoms with E-state index in [-0.39, 0.29) is 0 Å². The van der Waals surface area contributed by atoms with E-state index in [1.165, 1.54) is 5.56 Å². The molecule has 0 radical (unpaired) electrons. The molecule has 0 amide bonds. The van der Waals surface area contributed by atoms with E-state index in [0.717, 1.165) is 5.75 Å². The van der Waals surface area contributed by atoms with E-state index in [0.29, 0.717) is 29.1 Å². The van der Waals surface area contributed by atoms with Gasteiger partial charge in [-0.3, -0.25) is 0 Å². The van der Waals surface area contributed by atoms with Gasteiger partial charge < -0.3 is 10.2 Å². The van der Waals surface area contributed by atoms with Crippen molar-refractivity contribution in [3.63, 3.8) is 0 Å². The monoisotopic (exact) mass is 291 g/mol. The van der Waals surface area contributed by atoms with E-state index < -0.39 is 0 Å². The Labute approximate surface area is 123 Å². The smallest absolute Gasteiger partial charge is 0.140 e. The summed E-state index contributed by atoms with van der Waals surface area (Å²) in [6.45, 7) is 4.59. The molecular formula is C15H18ClN3O. The van der Waals surface area contributed by atoms with Gasteiger partial charge in [0.15, 0.2) is 0 Å². The molecule has 0 aliphatic carbocycles. The average Bonchev–Trinajstić information content (AvgIpc) is 2.46. The lowest BCUT2D eigenvalue weighted by molar-refractivity contribution is 0.301. The first-order valence-electron chi connectivity index (χ1n) is 6.45. The highest BCUT2D eigenvalue weighted by Crippen LogP contribution is 2.22. The van der Waals surface area contributed by atoms with Crippen LogP contribution in [0.25, 0.3) is 0 Å². The summed E-state index contributed by atoms with van der Waals surface area (Å²) in [4.78, 5) is 4.27. The van der Waals surface area contributed by atoms with Crippen molar-refractivity contribution in [3.8, 4) is 5.75 Å². The Kier molecular flexibility index (Phi) is 4.82. The lowest BCUT2D eigenvalue weighted by Crippen LogP contribution is -2.10. The number of anilines is 1. The van der Waals surface area contributed by atoms with Crippen molar-refractivity contribution in [2.45, 2.75) is 26.4 Å². The first kappa shape index (κ1) is 14.6. The van der Waals surface area contributed by atoms with Crippen LogP contribution in [0.2, 0.25) is 5.02 Å². The Balaban J connectivity index is 2.10. The van der Waals surface area contributed by atoms with Crippen molar-refractivity contribution < 1.29 is 4.74 Å². The Morgan fingerprint density at radius 2 is 2.10 bits per heavy atom. The summed E-state index contributed by atoms with van der Waals surface area (Å²) in [7, 11) is 0. The van der Waals surface area contributed by atoms with Gasteiger partial charge in [0, 0.05) is 0 Å². The predicted molar refractivity (Wildman–Crippen MR) is 81.9 cm³/mol. The first-order chi connectivity index (χ1) is 9.60. The Hall–Kier alpha value is -1.78. The van der Waals surface area contributed by atoms with E-state index >= 15 is 0 Å². The molecule has 0 aliphatic heterocycles. The zero-order valence-corrected chi connectivity index (χ0v) is 12.3. The van der Waals surface area contributed by atoms with Gasteiger partial charge in [0.25, 0.3) is 0 Å². The molecule has 0 aliphatic rings. The minimum absolute atomic E-state index is 0.301. The molecule has 1 aromatic carbocycles. The van der Waals surface area contributed by atoms with Crippen LogP contribution >= 0.6 is 11.6 Å². The molecule has 20 heavy (non-hydrogen) atoms. The van der Waals surface area contributed by atoms with Gasteiger partial charge in [-0.1, -0.05) is 37.6 Å². The van der Waals surface area contributed by atoms with Crippen LogP contribution in [0, 0.1) is 0 Å². The van der Waals surface area contributed by atoms with E-state index in [2.05, 4.69) is 30.3 Å². The maximum atomic E-state index is 6.09. The second kappa shape index (κ2) is 6.59. The standard InChI is InChI=1S/C15H18ClN3O/c1-10(2)11-4-3-5-12(8-11)20-9-14-13(16)6-7-15(18-14)19-17/h3-8,10H,9,17H2,1-2H3,(H,18,19). The summed E-state index contributed by atoms with van der Waals surface area (Å²) in [5, 5.41) is 0.559. The zero-order valence-electron chi connectivity index (χ0n) is 11.6. The summed E-state index contributed by atoms with van der Waals surface area (Å²) in [6, 6.07) is 11.5. The number of nitrogen functional groups attached to an aromatic ring is 1. The first-order valence-corrected chi connectivity index (χ1v) is 6.82. The van der Waals surface area contributed by atoms with Crippen LogP contribution in [0.3, 0.4) is 0 Å². The van der Waals surface area contributed by atoms with Crippen LogP contribution in [0.5, 0.6) is 5.75 Å². The van der Waals surface area contributed by atoms with Crippen molar-refractivity contribution in [2.75, 3.05) is 5.43 Å². The molecule has 0 fully saturated rings. The molecule has 3 N–H and O–H groups in total. The molecule has 4 nitrogen and oxygen atoms in total. The second-order valence-electron chi connectivity index (χ2n) is 4.79. The molecule has 2 rings (SSSR count). The van der Waals surface area contributed by atoms with Gasteiger partial charge in [0.1, 0.15) is 18.2 Å². The summed E-state index contributed by atoms with van der Waals surface area (Å²) in [6.07, 6.45) is 0. The van der Waals surface area contributed by atoms with Gasteiger partial charge in [0.2, 0.25) is 0 Å². The minimum atomic E-state index is 0.301. The van der Waals surface area contributed by atoms with Gasteiger partial charge in [-0.25, -0.2) is 10.8 Å². The van der Waals surface area contributed by atoms with Crippen molar-refractivity contribution >= 4 is 17.4 Å². The number of nitrogens with two attached hydrogens (primary N) is 1. The average molecular weight is 292 g/mol. The molecule has 2 aromatic rings. The van der Waals surface area contributed by atoms with E-state index in [1.807, 2.05) is 18.2 Å². The van der Waals surface area contributed by atoms with Gasteiger partial charge >= 0.3 is 0 Å². The van der Waals surface area contributed by atoms with E-state index in [1.54, 1.807) is 12.1 Å². The minimum Gasteiger partial charge on any atom is -0.487 e. The molecule has 5 heteroatoms. The number of nitrogens with zero attached hydrogens (tertiary/aromatic N) is 1. The van der Waals surface area contributed by atoms with Crippen LogP contribution in [-0.2, 0) is 6.61 Å². The molecule has 106 valence electrons. The number of pyridine rings is 1. The summed E-state index contributed by atoms with van der Waals surface area (Å²) >= 11 is 6.09. The van der Waals surface area contributed by atoms with E-state index in [4.69, 9.17) is 22.2 Å². The molecule has 0 bridgehead atoms. The van der Waals surface area contributed by atoms with Crippen LogP contribution in [0.4, 0.5) is 5.82 Å². The Bertz CT molecular complexity index is 587. The summed E-state index contributed by atoms with van der Waals surface area (Å²) in [5.41, 5.74) is 4.38. The highest BCUT2D eigenvalue weighted by Gasteiger charge is 2.06. The number of aromatic nitrogens is 1. The van der Waals surface area contributed by atoms with Gasteiger partial charge in [0.05, 0.1) is 10.7 Å². The van der Waals surface area contributed by atoms with Gasteiger partial charge in [-0.2, -0.15) is 0 Å². The van der Waals surface area contributed by atoms with Crippen molar-refractivity contribution in [3.05, 3.63) is 52.7 Å². The third-order valence-corrected chi connectivity index (χ3v) is 3.31. The molecule has 0 spiro atoms. The van der Waals surface area contributed by atoms with Crippen LogP contribution in [0.15, 0.2) is 36.4 Å². The summed E-state index contributed by atoms with van der Waals surface area (Å²) in [5.74, 6) is 7.16. The molecule has 0 saturated heterocycles. The maximum Gasteiger partial charge on any atom is 0.140 e. The van der Waals surface area contributed by atoms with Crippen LogP contribution in [0.1, 0.15) is 31.0 Å². The predicted octanol–water partition coefficient (Wildman–Crippen LogP) is 3.72. The highest BCUT2D eigenvalue weighted by molar-refractivity contribution is 6.31. The fourth-order valence-corrected chi connectivity index (χ4v) is 1.94. The molecule has 1 heterocycles.